The van der Waals surface area contributed by atoms with E-state index in [0.717, 1.165) is 5.39 Å². The number of Topliss-reactive ketones (excluding diaryl/α,β-unsaturated/α-hetero) is 1. The van der Waals surface area contributed by atoms with Crippen LogP contribution >= 0.6 is 0 Å². The van der Waals surface area contributed by atoms with Crippen LogP contribution in [0.3, 0.4) is 0 Å². The zero-order valence-electron chi connectivity index (χ0n) is 19.1. The molecule has 0 saturated heterocycles. The first-order chi connectivity index (χ1) is 17.0. The van der Waals surface area contributed by atoms with Crippen LogP contribution in [0.2, 0.25) is 0 Å². The SMILES string of the molecule is COc1ccc(/C=C2\Oc3cc(OC(=O)c4cc5ccccc5o4)ccc3C2=O)c(OC)c1OC. The Balaban J connectivity index is 1.40. The molecule has 0 unspecified atom stereocenters. The third kappa shape index (κ3) is 3.95. The van der Waals surface area contributed by atoms with Gasteiger partial charge in [-0.1, -0.05) is 18.2 Å². The molecule has 3 aromatic carbocycles. The minimum absolute atomic E-state index is 0.0739. The standard InChI is InChI=1S/C27H20O8/c1-30-20-11-8-16(25(31-2)26(20)32-3)13-22-24(28)18-10-9-17(14-21(18)35-22)33-27(29)23-12-15-6-4-5-7-19(15)34-23/h4-14H,1-3H3/b22-13-. The number of hydrogen-bond acceptors (Lipinski definition) is 8. The quantitative estimate of drug-likeness (QED) is 0.212. The van der Waals surface area contributed by atoms with Gasteiger partial charge in [0.25, 0.3) is 0 Å². The minimum Gasteiger partial charge on any atom is -0.493 e. The summed E-state index contributed by atoms with van der Waals surface area (Å²) in [6.45, 7) is 0. The number of benzene rings is 3. The van der Waals surface area contributed by atoms with Crippen molar-refractivity contribution in [2.75, 3.05) is 21.3 Å². The van der Waals surface area contributed by atoms with Gasteiger partial charge in [-0.2, -0.15) is 0 Å². The number of methoxy groups -OCH3 is 3. The third-order valence-corrected chi connectivity index (χ3v) is 5.50. The lowest BCUT2D eigenvalue weighted by atomic mass is 10.1. The largest absolute Gasteiger partial charge is 0.493 e. The van der Waals surface area contributed by atoms with Crippen LogP contribution < -0.4 is 23.7 Å². The molecule has 4 aromatic rings. The second-order valence-corrected chi connectivity index (χ2v) is 7.56. The van der Waals surface area contributed by atoms with Crippen molar-refractivity contribution < 1.29 is 37.7 Å². The zero-order valence-corrected chi connectivity index (χ0v) is 19.1. The van der Waals surface area contributed by atoms with Crippen molar-refractivity contribution >= 4 is 28.8 Å². The molecule has 1 aliphatic heterocycles. The molecule has 0 aliphatic carbocycles. The summed E-state index contributed by atoms with van der Waals surface area (Å²) in [5.74, 6) is 0.964. The lowest BCUT2D eigenvalue weighted by Gasteiger charge is -2.14. The van der Waals surface area contributed by atoms with Crippen molar-refractivity contribution in [2.24, 2.45) is 0 Å². The molecule has 0 bridgehead atoms. The van der Waals surface area contributed by atoms with Crippen molar-refractivity contribution in [3.63, 3.8) is 0 Å². The third-order valence-electron chi connectivity index (χ3n) is 5.50. The Morgan fingerprint density at radius 1 is 0.886 bits per heavy atom. The molecule has 0 fully saturated rings. The molecule has 0 N–H and O–H groups in total. The van der Waals surface area contributed by atoms with Crippen molar-refractivity contribution in [3.05, 3.63) is 83.3 Å². The number of rotatable bonds is 6. The van der Waals surface area contributed by atoms with Crippen LogP contribution in [0.5, 0.6) is 28.7 Å². The molecular formula is C27H20O8. The number of hydrogen-bond donors (Lipinski definition) is 0. The number of fused-ring (bicyclic) bond motifs is 2. The first kappa shape index (κ1) is 22.1. The first-order valence-electron chi connectivity index (χ1n) is 10.6. The van der Waals surface area contributed by atoms with Crippen molar-refractivity contribution in [1.29, 1.82) is 0 Å². The van der Waals surface area contributed by atoms with Crippen molar-refractivity contribution in [1.82, 2.24) is 0 Å². The van der Waals surface area contributed by atoms with E-state index in [2.05, 4.69) is 0 Å². The zero-order chi connectivity index (χ0) is 24.5. The van der Waals surface area contributed by atoms with Crippen LogP contribution in [0, 0.1) is 0 Å². The molecule has 8 heteroatoms. The second kappa shape index (κ2) is 8.90. The fraction of sp³-hybridized carbons (Fsp3) is 0.111. The summed E-state index contributed by atoms with van der Waals surface area (Å²) >= 11 is 0. The average molecular weight is 472 g/mol. The fourth-order valence-corrected chi connectivity index (χ4v) is 3.85. The van der Waals surface area contributed by atoms with Gasteiger partial charge in [-0.15, -0.1) is 0 Å². The molecule has 176 valence electrons. The molecule has 0 radical (unpaired) electrons. The van der Waals surface area contributed by atoms with E-state index in [4.69, 9.17) is 28.1 Å². The molecule has 0 spiro atoms. The van der Waals surface area contributed by atoms with Gasteiger partial charge in [0.2, 0.25) is 17.3 Å². The van der Waals surface area contributed by atoms with Gasteiger partial charge < -0.3 is 28.1 Å². The maximum absolute atomic E-state index is 12.9. The Bertz CT molecular complexity index is 1460. The van der Waals surface area contributed by atoms with Crippen LogP contribution in [0.4, 0.5) is 0 Å². The number of allylic oxidation sites excluding steroid dienone is 1. The van der Waals surface area contributed by atoms with Gasteiger partial charge in [-0.25, -0.2) is 4.79 Å². The number of carbonyl (C=O) groups excluding carboxylic acids is 2. The highest BCUT2D eigenvalue weighted by Crippen LogP contribution is 2.42. The molecular weight excluding hydrogens is 452 g/mol. The number of furan rings is 1. The highest BCUT2D eigenvalue weighted by atomic mass is 16.6. The molecule has 2 heterocycles. The number of esters is 1. The summed E-state index contributed by atoms with van der Waals surface area (Å²) < 4.78 is 33.0. The van der Waals surface area contributed by atoms with E-state index in [-0.39, 0.29) is 28.8 Å². The Kier molecular flexibility index (Phi) is 5.62. The Hall–Kier alpha value is -4.72. The molecule has 1 aromatic heterocycles. The van der Waals surface area contributed by atoms with Gasteiger partial charge in [0.15, 0.2) is 17.3 Å². The minimum atomic E-state index is -0.656. The van der Waals surface area contributed by atoms with Crippen LogP contribution in [-0.4, -0.2) is 33.1 Å². The van der Waals surface area contributed by atoms with Gasteiger partial charge in [-0.3, -0.25) is 4.79 Å². The van der Waals surface area contributed by atoms with E-state index < -0.39 is 5.97 Å². The Morgan fingerprint density at radius 2 is 1.69 bits per heavy atom. The summed E-state index contributed by atoms with van der Waals surface area (Å²) in [4.78, 5) is 25.5. The second-order valence-electron chi connectivity index (χ2n) is 7.56. The smallest absolute Gasteiger partial charge is 0.379 e. The van der Waals surface area contributed by atoms with E-state index in [0.29, 0.717) is 34.0 Å². The Morgan fingerprint density at radius 3 is 2.43 bits per heavy atom. The highest BCUT2D eigenvalue weighted by molar-refractivity contribution is 6.14. The van der Waals surface area contributed by atoms with E-state index in [1.54, 1.807) is 36.4 Å². The van der Waals surface area contributed by atoms with E-state index >= 15 is 0 Å². The predicted octanol–water partition coefficient (Wildman–Crippen LogP) is 5.29. The highest BCUT2D eigenvalue weighted by Gasteiger charge is 2.29. The number of ether oxygens (including phenoxy) is 5. The summed E-state index contributed by atoms with van der Waals surface area (Å²) in [6, 6.07) is 16.9. The molecule has 0 amide bonds. The average Bonchev–Trinajstić information content (AvgIpc) is 3.44. The molecule has 0 atom stereocenters. The first-order valence-corrected chi connectivity index (χ1v) is 10.6. The summed E-state index contributed by atoms with van der Waals surface area (Å²) in [6.07, 6.45) is 1.56. The van der Waals surface area contributed by atoms with E-state index in [9.17, 15) is 9.59 Å². The number of ketones is 1. The van der Waals surface area contributed by atoms with Gasteiger partial charge >= 0.3 is 5.97 Å². The monoisotopic (exact) mass is 472 g/mol. The van der Waals surface area contributed by atoms with E-state index in [1.165, 1.54) is 33.5 Å². The molecule has 1 aliphatic rings. The summed E-state index contributed by atoms with van der Waals surface area (Å²) in [5, 5.41) is 0.794. The van der Waals surface area contributed by atoms with Crippen LogP contribution in [0.1, 0.15) is 26.5 Å². The molecule has 35 heavy (non-hydrogen) atoms. The lowest BCUT2D eigenvalue weighted by Crippen LogP contribution is -2.07. The van der Waals surface area contributed by atoms with Gasteiger partial charge in [0.05, 0.1) is 26.9 Å². The molecule has 0 saturated carbocycles. The normalized spacial score (nSPS) is 13.5. The van der Waals surface area contributed by atoms with Crippen LogP contribution in [-0.2, 0) is 0 Å². The fourth-order valence-electron chi connectivity index (χ4n) is 3.85. The molecule has 8 nitrogen and oxygen atoms in total. The summed E-state index contributed by atoms with van der Waals surface area (Å²) in [7, 11) is 4.51. The van der Waals surface area contributed by atoms with Gasteiger partial charge in [0, 0.05) is 17.0 Å². The maximum Gasteiger partial charge on any atom is 0.379 e. The topological polar surface area (TPSA) is 93.4 Å². The molecule has 5 rings (SSSR count). The van der Waals surface area contributed by atoms with Crippen LogP contribution in [0.15, 0.2) is 70.8 Å². The van der Waals surface area contributed by atoms with Gasteiger partial charge in [0.1, 0.15) is 17.1 Å². The number of carbonyl (C=O) groups is 2. The van der Waals surface area contributed by atoms with E-state index in [1.807, 2.05) is 18.2 Å². The number of para-hydroxylation sites is 1. The van der Waals surface area contributed by atoms with Crippen molar-refractivity contribution in [3.8, 4) is 28.7 Å². The van der Waals surface area contributed by atoms with Gasteiger partial charge in [-0.05, 0) is 42.5 Å². The van der Waals surface area contributed by atoms with Crippen molar-refractivity contribution in [2.45, 2.75) is 0 Å². The maximum atomic E-state index is 12.9. The Labute approximate surface area is 200 Å². The summed E-state index contributed by atoms with van der Waals surface area (Å²) in [5.41, 5.74) is 1.50. The lowest BCUT2D eigenvalue weighted by molar-refractivity contribution is 0.0703. The predicted molar refractivity (Wildman–Crippen MR) is 127 cm³/mol. The van der Waals surface area contributed by atoms with Crippen LogP contribution in [0.25, 0.3) is 17.0 Å².